The predicted molar refractivity (Wildman–Crippen MR) is 152 cm³/mol. The van der Waals surface area contributed by atoms with Crippen molar-refractivity contribution in [2.24, 2.45) is 5.92 Å². The summed E-state index contributed by atoms with van der Waals surface area (Å²) in [7, 11) is -2.42. The first-order valence-electron chi connectivity index (χ1n) is 13.4. The van der Waals surface area contributed by atoms with Crippen LogP contribution in [0.5, 0.6) is 17.2 Å². The van der Waals surface area contributed by atoms with Gasteiger partial charge in [0.15, 0.2) is 11.5 Å². The zero-order valence-corrected chi connectivity index (χ0v) is 24.2. The van der Waals surface area contributed by atoms with Crippen molar-refractivity contribution in [1.29, 1.82) is 0 Å². The minimum absolute atomic E-state index is 0.0611. The van der Waals surface area contributed by atoms with Crippen molar-refractivity contribution in [1.82, 2.24) is 9.21 Å². The van der Waals surface area contributed by atoms with Gasteiger partial charge in [0.25, 0.3) is 5.91 Å². The van der Waals surface area contributed by atoms with Crippen molar-refractivity contribution in [2.45, 2.75) is 30.9 Å². The Morgan fingerprint density at radius 2 is 1.86 bits per heavy atom. The van der Waals surface area contributed by atoms with E-state index < -0.39 is 28.0 Å². The Labute approximate surface area is 244 Å². The van der Waals surface area contributed by atoms with E-state index in [0.717, 1.165) is 0 Å². The highest BCUT2D eigenvalue weighted by Gasteiger charge is 2.38. The first kappa shape index (κ1) is 29.4. The molecule has 0 aromatic heterocycles. The maximum atomic E-state index is 14.1. The second-order valence-corrected chi connectivity index (χ2v) is 12.2. The molecule has 0 saturated heterocycles. The van der Waals surface area contributed by atoms with Gasteiger partial charge in [-0.15, -0.1) is 0 Å². The number of benzene rings is 3. The lowest BCUT2D eigenvalue weighted by Crippen LogP contribution is -2.50. The summed E-state index contributed by atoms with van der Waals surface area (Å²) in [5.41, 5.74) is 1.03. The van der Waals surface area contributed by atoms with E-state index in [1.165, 1.54) is 33.5 Å². The quantitative estimate of drug-likeness (QED) is 0.451. The van der Waals surface area contributed by atoms with Crippen molar-refractivity contribution in [3.63, 3.8) is 0 Å². The normalized spacial score (nSPS) is 19.7. The fraction of sp³-hybridized carbons (Fsp3) is 0.323. The van der Waals surface area contributed by atoms with Crippen molar-refractivity contribution in [3.8, 4) is 29.1 Å². The Morgan fingerprint density at radius 1 is 1.10 bits per heavy atom. The molecule has 5 rings (SSSR count). The molecule has 11 heteroatoms. The predicted octanol–water partition coefficient (Wildman–Crippen LogP) is 3.50. The van der Waals surface area contributed by atoms with E-state index in [4.69, 9.17) is 14.2 Å². The first-order chi connectivity index (χ1) is 20.1. The zero-order valence-electron chi connectivity index (χ0n) is 23.4. The average molecular weight is 595 g/mol. The number of nitrogens with zero attached hydrogens (tertiary/aromatic N) is 2. The molecule has 1 N–H and O–H groups in total. The van der Waals surface area contributed by atoms with Crippen molar-refractivity contribution in [2.75, 3.05) is 33.5 Å². The second kappa shape index (κ2) is 12.0. The number of carbonyl (C=O) groups excluding carboxylic acids is 1. The van der Waals surface area contributed by atoms with Crippen LogP contribution in [0.3, 0.4) is 0 Å². The van der Waals surface area contributed by atoms with Crippen LogP contribution in [-0.2, 0) is 10.0 Å². The fourth-order valence-corrected chi connectivity index (χ4v) is 6.65. The van der Waals surface area contributed by atoms with E-state index in [-0.39, 0.29) is 54.5 Å². The lowest BCUT2D eigenvalue weighted by Gasteiger charge is -2.37. The number of halogens is 1. The standard InChI is InChI=1S/C31H31FN2O7S/c1-20-16-34(21(2)18-35)42(37,38)30-13-9-22(8-10-23-6-4-5-7-25(23)32)14-28(30)41-29(20)17-33(3)31(36)24-11-12-26-27(15-24)40-19-39-26/h4-7,9,11-15,20-21,29,35H,16-19H2,1-3H3/t20-,21+,29-/m1/s1. The summed E-state index contributed by atoms with van der Waals surface area (Å²) in [5, 5.41) is 9.88. The number of ether oxygens (including phenoxy) is 3. The second-order valence-electron chi connectivity index (χ2n) is 10.4. The maximum Gasteiger partial charge on any atom is 0.253 e. The number of fused-ring (bicyclic) bond motifs is 2. The summed E-state index contributed by atoms with van der Waals surface area (Å²) in [4.78, 5) is 14.8. The van der Waals surface area contributed by atoms with Crippen molar-refractivity contribution < 1.29 is 36.9 Å². The first-order valence-corrected chi connectivity index (χ1v) is 14.9. The Morgan fingerprint density at radius 3 is 2.62 bits per heavy atom. The lowest BCUT2D eigenvalue weighted by atomic mass is 10.0. The van der Waals surface area contributed by atoms with E-state index in [1.54, 1.807) is 50.4 Å². The molecule has 0 fully saturated rings. The molecule has 0 saturated carbocycles. The monoisotopic (exact) mass is 594 g/mol. The third-order valence-corrected chi connectivity index (χ3v) is 9.32. The molecule has 220 valence electrons. The maximum absolute atomic E-state index is 14.1. The van der Waals surface area contributed by atoms with Gasteiger partial charge in [-0.05, 0) is 55.5 Å². The van der Waals surface area contributed by atoms with Crippen LogP contribution >= 0.6 is 0 Å². The highest BCUT2D eigenvalue weighted by atomic mass is 32.2. The van der Waals surface area contributed by atoms with E-state index in [9.17, 15) is 22.7 Å². The molecular weight excluding hydrogens is 563 g/mol. The molecule has 0 spiro atoms. The molecule has 2 heterocycles. The zero-order chi connectivity index (χ0) is 30.0. The number of aliphatic hydroxyl groups is 1. The van der Waals surface area contributed by atoms with Crippen LogP contribution in [0.1, 0.15) is 35.3 Å². The third kappa shape index (κ3) is 5.92. The van der Waals surface area contributed by atoms with Gasteiger partial charge >= 0.3 is 0 Å². The van der Waals surface area contributed by atoms with Gasteiger partial charge in [-0.25, -0.2) is 12.8 Å². The smallest absolute Gasteiger partial charge is 0.253 e. The van der Waals surface area contributed by atoms with Crippen LogP contribution in [0, 0.1) is 23.6 Å². The summed E-state index contributed by atoms with van der Waals surface area (Å²) in [5.74, 6) is 5.66. The molecule has 0 aliphatic carbocycles. The molecule has 9 nitrogen and oxygen atoms in total. The van der Waals surface area contributed by atoms with Crippen LogP contribution in [0.4, 0.5) is 4.39 Å². The minimum atomic E-state index is -4.06. The Kier molecular flexibility index (Phi) is 8.41. The molecular formula is C31H31FN2O7S. The summed E-state index contributed by atoms with van der Waals surface area (Å²) in [6, 6.07) is 14.8. The number of hydrogen-bond acceptors (Lipinski definition) is 7. The van der Waals surface area contributed by atoms with Crippen LogP contribution in [-0.4, -0.2) is 74.3 Å². The molecule has 0 bridgehead atoms. The largest absolute Gasteiger partial charge is 0.487 e. The lowest BCUT2D eigenvalue weighted by molar-refractivity contribution is 0.0563. The van der Waals surface area contributed by atoms with Gasteiger partial charge in [0.05, 0.1) is 18.7 Å². The summed E-state index contributed by atoms with van der Waals surface area (Å²) in [6.07, 6.45) is -0.620. The van der Waals surface area contributed by atoms with Gasteiger partial charge in [-0.2, -0.15) is 4.31 Å². The Hall–Kier alpha value is -4.11. The molecule has 2 aliphatic heterocycles. The van der Waals surface area contributed by atoms with Crippen LogP contribution < -0.4 is 14.2 Å². The number of carbonyl (C=O) groups is 1. The van der Waals surface area contributed by atoms with Gasteiger partial charge in [0, 0.05) is 36.7 Å². The van der Waals surface area contributed by atoms with Gasteiger partial charge in [-0.3, -0.25) is 4.79 Å². The molecule has 42 heavy (non-hydrogen) atoms. The van der Waals surface area contributed by atoms with Crippen LogP contribution in [0.15, 0.2) is 65.6 Å². The molecule has 0 radical (unpaired) electrons. The number of sulfonamides is 1. The average Bonchev–Trinajstić information content (AvgIpc) is 3.45. The van der Waals surface area contributed by atoms with Gasteiger partial charge in [0.2, 0.25) is 16.8 Å². The molecule has 2 aliphatic rings. The molecule has 3 atom stereocenters. The Balaban J connectivity index is 1.48. The Bertz CT molecular complexity index is 1670. The van der Waals surface area contributed by atoms with E-state index in [1.807, 2.05) is 6.92 Å². The highest BCUT2D eigenvalue weighted by molar-refractivity contribution is 7.89. The van der Waals surface area contributed by atoms with E-state index in [0.29, 0.717) is 22.6 Å². The number of aliphatic hydroxyl groups excluding tert-OH is 1. The highest BCUT2D eigenvalue weighted by Crippen LogP contribution is 2.35. The summed E-state index contributed by atoms with van der Waals surface area (Å²) < 4.78 is 59.9. The van der Waals surface area contributed by atoms with Gasteiger partial charge < -0.3 is 24.2 Å². The molecule has 1 amide bonds. The van der Waals surface area contributed by atoms with Crippen LogP contribution in [0.2, 0.25) is 0 Å². The summed E-state index contributed by atoms with van der Waals surface area (Å²) >= 11 is 0. The third-order valence-electron chi connectivity index (χ3n) is 7.30. The SMILES string of the molecule is C[C@@H]1CN([C@@H](C)CO)S(=O)(=O)c2ccc(C#Cc3ccccc3F)cc2O[C@@H]1CN(C)C(=O)c1ccc2c(c1)OCO2. The van der Waals surface area contributed by atoms with Crippen molar-refractivity contribution >= 4 is 15.9 Å². The number of hydrogen-bond donors (Lipinski definition) is 1. The van der Waals surface area contributed by atoms with E-state index >= 15 is 0 Å². The van der Waals surface area contributed by atoms with Gasteiger partial charge in [0.1, 0.15) is 22.6 Å². The summed E-state index contributed by atoms with van der Waals surface area (Å²) in [6.45, 7) is 3.39. The number of rotatable bonds is 5. The molecule has 3 aromatic rings. The topological polar surface area (TPSA) is 106 Å². The number of amides is 1. The fourth-order valence-electron chi connectivity index (χ4n) is 4.83. The number of likely N-dealkylation sites (N-methyl/N-ethyl adjacent to an activating group) is 1. The van der Waals surface area contributed by atoms with Crippen molar-refractivity contribution in [3.05, 3.63) is 83.2 Å². The molecule has 0 unspecified atom stereocenters. The molecule has 3 aromatic carbocycles. The minimum Gasteiger partial charge on any atom is -0.487 e. The van der Waals surface area contributed by atoms with Gasteiger partial charge in [-0.1, -0.05) is 30.9 Å². The van der Waals surface area contributed by atoms with Crippen LogP contribution in [0.25, 0.3) is 0 Å². The van der Waals surface area contributed by atoms with E-state index in [2.05, 4.69) is 11.8 Å².